The van der Waals surface area contributed by atoms with Crippen molar-refractivity contribution in [2.24, 2.45) is 7.05 Å². The standard InChI is InChI=1S/C33H30N6O4/c1-37-29-25-10-6-7-11-26(25)39(20-27(40)21-8-4-3-5-9-21)33(42)28(29)31(43-2)30(37)32(41)36-22-13-16-38(17-14-22)24-12-15-35-23(18-24)19-34/h3-12,15,18,22H,13-14,16-17,20H2,1-2H3,(H,36,41). The fourth-order valence-electron chi connectivity index (χ4n) is 6.01. The molecule has 6 rings (SSSR count). The third-order valence-electron chi connectivity index (χ3n) is 8.13. The number of amides is 1. The molecule has 0 saturated carbocycles. The maximum Gasteiger partial charge on any atom is 0.272 e. The number of hydrogen-bond donors (Lipinski definition) is 1. The van der Waals surface area contributed by atoms with Crippen molar-refractivity contribution in [3.05, 3.63) is 100 Å². The minimum absolute atomic E-state index is 0.0827. The monoisotopic (exact) mass is 574 g/mol. The van der Waals surface area contributed by atoms with Crippen LogP contribution in [0.15, 0.2) is 77.7 Å². The Morgan fingerprint density at radius 1 is 1.07 bits per heavy atom. The van der Waals surface area contributed by atoms with Crippen LogP contribution in [0.25, 0.3) is 21.8 Å². The summed E-state index contributed by atoms with van der Waals surface area (Å²) in [6.45, 7) is 1.26. The average Bonchev–Trinajstić information content (AvgIpc) is 3.36. The highest BCUT2D eigenvalue weighted by Gasteiger charge is 2.30. The van der Waals surface area contributed by atoms with Crippen LogP contribution in [0.2, 0.25) is 0 Å². The van der Waals surface area contributed by atoms with Crippen LogP contribution >= 0.6 is 0 Å². The number of benzene rings is 2. The lowest BCUT2D eigenvalue weighted by Gasteiger charge is -2.34. The van der Waals surface area contributed by atoms with Crippen molar-refractivity contribution in [1.82, 2.24) is 19.4 Å². The number of carbonyl (C=O) groups excluding carboxylic acids is 2. The van der Waals surface area contributed by atoms with E-state index in [9.17, 15) is 19.6 Å². The second-order valence-electron chi connectivity index (χ2n) is 10.6. The van der Waals surface area contributed by atoms with Crippen LogP contribution < -0.4 is 20.5 Å². The number of hydrogen-bond acceptors (Lipinski definition) is 7. The van der Waals surface area contributed by atoms with Gasteiger partial charge in [0.15, 0.2) is 17.2 Å². The zero-order chi connectivity index (χ0) is 30.1. The second kappa shape index (κ2) is 11.4. The summed E-state index contributed by atoms with van der Waals surface area (Å²) in [5.74, 6) is -0.341. The van der Waals surface area contributed by atoms with Gasteiger partial charge in [-0.05, 0) is 31.0 Å². The van der Waals surface area contributed by atoms with Crippen LogP contribution in [0.3, 0.4) is 0 Å². The van der Waals surface area contributed by atoms with E-state index in [1.807, 2.05) is 36.4 Å². The normalized spacial score (nSPS) is 13.7. The number of carbonyl (C=O) groups is 2. The molecule has 0 atom stereocenters. The highest BCUT2D eigenvalue weighted by atomic mass is 16.5. The molecule has 5 aromatic rings. The van der Waals surface area contributed by atoms with Crippen LogP contribution in [0.5, 0.6) is 5.75 Å². The summed E-state index contributed by atoms with van der Waals surface area (Å²) < 4.78 is 8.92. The van der Waals surface area contributed by atoms with Gasteiger partial charge in [0.05, 0.1) is 24.7 Å². The Balaban J connectivity index is 1.33. The Morgan fingerprint density at radius 3 is 2.51 bits per heavy atom. The smallest absolute Gasteiger partial charge is 0.272 e. The molecule has 1 aliphatic rings. The Labute approximate surface area is 247 Å². The predicted molar refractivity (Wildman–Crippen MR) is 164 cm³/mol. The number of nitrogens with zero attached hydrogens (tertiary/aromatic N) is 5. The number of nitriles is 1. The molecule has 0 radical (unpaired) electrons. The van der Waals surface area contributed by atoms with E-state index >= 15 is 0 Å². The van der Waals surface area contributed by atoms with Gasteiger partial charge < -0.3 is 19.5 Å². The van der Waals surface area contributed by atoms with Crippen molar-refractivity contribution in [1.29, 1.82) is 5.26 Å². The molecule has 3 aromatic heterocycles. The van der Waals surface area contributed by atoms with E-state index in [-0.39, 0.29) is 41.1 Å². The van der Waals surface area contributed by atoms with Crippen LogP contribution in [0.1, 0.15) is 39.4 Å². The number of ketones is 1. The van der Waals surface area contributed by atoms with Gasteiger partial charge in [-0.25, -0.2) is 4.98 Å². The molecule has 2 aromatic carbocycles. The fourth-order valence-corrected chi connectivity index (χ4v) is 6.01. The van der Waals surface area contributed by atoms with Crippen LogP contribution in [-0.2, 0) is 13.6 Å². The highest BCUT2D eigenvalue weighted by molar-refractivity contribution is 6.12. The van der Waals surface area contributed by atoms with Gasteiger partial charge in [0, 0.05) is 49.0 Å². The number of nitrogens with one attached hydrogen (secondary N) is 1. The molecule has 10 nitrogen and oxygen atoms in total. The first-order valence-corrected chi connectivity index (χ1v) is 14.1. The van der Waals surface area contributed by atoms with Gasteiger partial charge >= 0.3 is 0 Å². The lowest BCUT2D eigenvalue weighted by molar-refractivity contribution is 0.0918. The Morgan fingerprint density at radius 2 is 1.79 bits per heavy atom. The minimum atomic E-state index is -0.396. The molecule has 0 aliphatic carbocycles. The molecular weight excluding hydrogens is 544 g/mol. The number of pyridine rings is 2. The van der Waals surface area contributed by atoms with Crippen molar-refractivity contribution >= 4 is 39.2 Å². The summed E-state index contributed by atoms with van der Waals surface area (Å²) in [5.41, 5.74) is 2.84. The number of rotatable bonds is 7. The number of ether oxygens (including phenoxy) is 1. The summed E-state index contributed by atoms with van der Waals surface area (Å²) >= 11 is 0. The lowest BCUT2D eigenvalue weighted by Crippen LogP contribution is -2.45. The summed E-state index contributed by atoms with van der Waals surface area (Å²) in [5, 5.41) is 13.3. The average molecular weight is 575 g/mol. The second-order valence-corrected chi connectivity index (χ2v) is 10.6. The predicted octanol–water partition coefficient (Wildman–Crippen LogP) is 4.05. The molecule has 1 aliphatic heterocycles. The third kappa shape index (κ3) is 4.99. The number of aromatic nitrogens is 3. The molecule has 1 N–H and O–H groups in total. The Bertz CT molecular complexity index is 1960. The van der Waals surface area contributed by atoms with Gasteiger partial charge in [-0.1, -0.05) is 48.5 Å². The van der Waals surface area contributed by atoms with Crippen LogP contribution in [0.4, 0.5) is 5.69 Å². The first kappa shape index (κ1) is 27.7. The maximum atomic E-state index is 14.0. The fraction of sp³-hybridized carbons (Fsp3) is 0.242. The molecule has 4 heterocycles. The van der Waals surface area contributed by atoms with Crippen molar-refractivity contribution in [3.63, 3.8) is 0 Å². The third-order valence-corrected chi connectivity index (χ3v) is 8.13. The van der Waals surface area contributed by atoms with E-state index in [0.717, 1.165) is 11.1 Å². The van der Waals surface area contributed by atoms with Gasteiger partial charge in [-0.3, -0.25) is 19.0 Å². The summed E-state index contributed by atoms with van der Waals surface area (Å²) in [6, 6.07) is 21.9. The number of piperidine rings is 1. The molecule has 0 bridgehead atoms. The summed E-state index contributed by atoms with van der Waals surface area (Å²) in [4.78, 5) is 47.2. The Kier molecular flexibility index (Phi) is 7.38. The van der Waals surface area contributed by atoms with E-state index in [0.29, 0.717) is 48.2 Å². The Hall–Kier alpha value is -5.43. The quantitative estimate of drug-likeness (QED) is 0.291. The number of para-hydroxylation sites is 1. The summed E-state index contributed by atoms with van der Waals surface area (Å²) in [6.07, 6.45) is 3.04. The van der Waals surface area contributed by atoms with Crippen molar-refractivity contribution < 1.29 is 14.3 Å². The molecule has 0 spiro atoms. The van der Waals surface area contributed by atoms with E-state index in [4.69, 9.17) is 4.74 Å². The van der Waals surface area contributed by atoms with Gasteiger partial charge in [0.1, 0.15) is 17.1 Å². The zero-order valence-corrected chi connectivity index (χ0v) is 23.9. The molecule has 1 saturated heterocycles. The first-order valence-electron chi connectivity index (χ1n) is 14.1. The van der Waals surface area contributed by atoms with Gasteiger partial charge in [0.25, 0.3) is 11.5 Å². The van der Waals surface area contributed by atoms with Crippen LogP contribution in [0, 0.1) is 11.3 Å². The minimum Gasteiger partial charge on any atom is -0.493 e. The number of Topliss-reactive ketones (excluding diaryl/α,β-unsaturated/α-hetero) is 1. The molecule has 0 unspecified atom stereocenters. The number of methoxy groups -OCH3 is 1. The number of aryl methyl sites for hydroxylation is 1. The van der Waals surface area contributed by atoms with Crippen molar-refractivity contribution in [2.75, 3.05) is 25.1 Å². The van der Waals surface area contributed by atoms with Gasteiger partial charge in [-0.2, -0.15) is 5.26 Å². The van der Waals surface area contributed by atoms with E-state index in [1.165, 1.54) is 11.7 Å². The highest BCUT2D eigenvalue weighted by Crippen LogP contribution is 2.35. The number of anilines is 1. The molecular formula is C33H30N6O4. The van der Waals surface area contributed by atoms with Crippen molar-refractivity contribution in [2.45, 2.75) is 25.4 Å². The summed E-state index contributed by atoms with van der Waals surface area (Å²) in [7, 11) is 3.20. The largest absolute Gasteiger partial charge is 0.493 e. The topological polar surface area (TPSA) is 122 Å². The van der Waals surface area contributed by atoms with Crippen molar-refractivity contribution in [3.8, 4) is 11.8 Å². The first-order chi connectivity index (χ1) is 20.9. The number of fused-ring (bicyclic) bond motifs is 3. The zero-order valence-electron chi connectivity index (χ0n) is 23.9. The van der Waals surface area contributed by atoms with E-state index in [2.05, 4.69) is 21.3 Å². The molecule has 43 heavy (non-hydrogen) atoms. The van der Waals surface area contributed by atoms with Crippen LogP contribution in [-0.4, -0.2) is 52.0 Å². The SMILES string of the molecule is COc1c(C(=O)NC2CCN(c3ccnc(C#N)c3)CC2)n(C)c2c1c(=O)n(CC(=O)c1ccccc1)c1ccccc21. The lowest BCUT2D eigenvalue weighted by atomic mass is 10.0. The van der Waals surface area contributed by atoms with Gasteiger partial charge in [-0.15, -0.1) is 0 Å². The van der Waals surface area contributed by atoms with E-state index < -0.39 is 5.56 Å². The molecule has 216 valence electrons. The molecule has 1 amide bonds. The molecule has 10 heteroatoms. The van der Waals surface area contributed by atoms with E-state index in [1.54, 1.807) is 48.1 Å². The molecule has 1 fully saturated rings. The maximum absolute atomic E-state index is 14.0. The van der Waals surface area contributed by atoms with Gasteiger partial charge in [0.2, 0.25) is 0 Å².